The summed E-state index contributed by atoms with van der Waals surface area (Å²) in [6.45, 7) is 7.74. The Kier molecular flexibility index (Phi) is 20.6. The number of unbranched alkanes of at least 4 members (excludes halogenated alkanes) is 2. The van der Waals surface area contributed by atoms with Gasteiger partial charge in [0.2, 0.25) is 11.7 Å². The molecule has 262 valence electrons. The number of amides is 1. The molecular formula is C36H57N5O6. The Labute approximate surface area is 281 Å². The SMILES string of the molecule is COc1cc(C(=O)/C=C/c2ccc(OCCCC(=O)NCCCCN(CCCN)CCCCNCCCN)cc2)cc(OC)c1OC. The summed E-state index contributed by atoms with van der Waals surface area (Å²) in [6, 6.07) is 10.7. The lowest BCUT2D eigenvalue weighted by Crippen LogP contribution is -2.30. The molecule has 2 rings (SSSR count). The number of nitrogens with one attached hydrogen (secondary N) is 2. The fourth-order valence-electron chi connectivity index (χ4n) is 4.95. The fraction of sp³-hybridized carbons (Fsp3) is 0.556. The van der Waals surface area contributed by atoms with Gasteiger partial charge in [-0.25, -0.2) is 0 Å². The van der Waals surface area contributed by atoms with Crippen LogP contribution in [0.3, 0.4) is 0 Å². The number of ketones is 1. The number of nitrogens with two attached hydrogens (primary N) is 2. The Morgan fingerprint density at radius 1 is 0.766 bits per heavy atom. The van der Waals surface area contributed by atoms with Crippen LogP contribution >= 0.6 is 0 Å². The number of benzene rings is 2. The molecule has 0 spiro atoms. The minimum absolute atomic E-state index is 0.0491. The van der Waals surface area contributed by atoms with E-state index in [2.05, 4.69) is 15.5 Å². The highest BCUT2D eigenvalue weighted by Gasteiger charge is 2.16. The highest BCUT2D eigenvalue weighted by Crippen LogP contribution is 2.38. The molecule has 0 atom stereocenters. The van der Waals surface area contributed by atoms with Crippen LogP contribution in [0.5, 0.6) is 23.0 Å². The number of allylic oxidation sites excluding steroid dienone is 1. The van der Waals surface area contributed by atoms with E-state index in [0.717, 1.165) is 76.9 Å². The number of hydrogen-bond donors (Lipinski definition) is 4. The van der Waals surface area contributed by atoms with Gasteiger partial charge in [0.25, 0.3) is 0 Å². The van der Waals surface area contributed by atoms with Crippen LogP contribution in [-0.4, -0.2) is 96.9 Å². The molecule has 1 amide bonds. The standard InChI is InChI=1S/C36H57N5O6/c1-44-33-27-30(28-34(45-2)36(33)46-3)32(42)17-14-29-12-15-31(16-13-29)47-26-8-11-35(43)40-22-5-7-24-41(25-10-19-38)23-6-4-20-39-21-9-18-37/h12-17,27-28,39H,4-11,18-26,37-38H2,1-3H3,(H,40,43)/b17-14+. The predicted molar refractivity (Wildman–Crippen MR) is 189 cm³/mol. The predicted octanol–water partition coefficient (Wildman–Crippen LogP) is 4.03. The molecule has 0 radical (unpaired) electrons. The van der Waals surface area contributed by atoms with Crippen LogP contribution in [-0.2, 0) is 4.79 Å². The molecule has 0 unspecified atom stereocenters. The number of ether oxygens (including phenoxy) is 4. The van der Waals surface area contributed by atoms with E-state index in [9.17, 15) is 9.59 Å². The van der Waals surface area contributed by atoms with Gasteiger partial charge in [-0.1, -0.05) is 18.2 Å². The summed E-state index contributed by atoms with van der Waals surface area (Å²) in [5, 5.41) is 6.47. The number of methoxy groups -OCH3 is 3. The molecule has 47 heavy (non-hydrogen) atoms. The third-order valence-corrected chi connectivity index (χ3v) is 7.61. The maximum absolute atomic E-state index is 12.8. The van der Waals surface area contributed by atoms with Crippen LogP contribution in [0, 0.1) is 0 Å². The van der Waals surface area contributed by atoms with Crippen molar-refractivity contribution in [3.8, 4) is 23.0 Å². The van der Waals surface area contributed by atoms with Crippen molar-refractivity contribution in [3.05, 3.63) is 53.6 Å². The van der Waals surface area contributed by atoms with Gasteiger partial charge < -0.3 is 45.9 Å². The van der Waals surface area contributed by atoms with E-state index in [1.165, 1.54) is 33.8 Å². The number of carbonyl (C=O) groups excluding carboxylic acids is 2. The summed E-state index contributed by atoms with van der Waals surface area (Å²) in [4.78, 5) is 27.6. The van der Waals surface area contributed by atoms with Gasteiger partial charge in [0, 0.05) is 18.5 Å². The third-order valence-electron chi connectivity index (χ3n) is 7.61. The molecule has 0 aliphatic rings. The summed E-state index contributed by atoms with van der Waals surface area (Å²) < 4.78 is 21.8. The molecular weight excluding hydrogens is 598 g/mol. The Balaban J connectivity index is 1.63. The van der Waals surface area contributed by atoms with E-state index >= 15 is 0 Å². The van der Waals surface area contributed by atoms with Crippen LogP contribution in [0.1, 0.15) is 67.3 Å². The van der Waals surface area contributed by atoms with E-state index in [1.54, 1.807) is 18.2 Å². The molecule has 0 aromatic heterocycles. The fourth-order valence-corrected chi connectivity index (χ4v) is 4.95. The summed E-state index contributed by atoms with van der Waals surface area (Å²) in [5.41, 5.74) is 12.5. The molecule has 2 aromatic rings. The van der Waals surface area contributed by atoms with Gasteiger partial charge in [0.15, 0.2) is 17.3 Å². The summed E-state index contributed by atoms with van der Waals surface area (Å²) >= 11 is 0. The third kappa shape index (κ3) is 16.2. The molecule has 0 heterocycles. The zero-order chi connectivity index (χ0) is 34.1. The first kappa shape index (κ1) is 39.5. The first-order chi connectivity index (χ1) is 22.9. The zero-order valence-electron chi connectivity index (χ0n) is 28.7. The van der Waals surface area contributed by atoms with Gasteiger partial charge in [-0.2, -0.15) is 0 Å². The van der Waals surface area contributed by atoms with Crippen molar-refractivity contribution in [3.63, 3.8) is 0 Å². The first-order valence-corrected chi connectivity index (χ1v) is 16.8. The summed E-state index contributed by atoms with van der Waals surface area (Å²) in [6.07, 6.45) is 10.6. The monoisotopic (exact) mass is 655 g/mol. The van der Waals surface area contributed by atoms with Crippen molar-refractivity contribution in [2.45, 2.75) is 51.4 Å². The minimum Gasteiger partial charge on any atom is -0.494 e. The number of hydrogen-bond acceptors (Lipinski definition) is 10. The number of nitrogens with zero attached hydrogens (tertiary/aromatic N) is 1. The van der Waals surface area contributed by atoms with Gasteiger partial charge in [0.1, 0.15) is 5.75 Å². The van der Waals surface area contributed by atoms with Gasteiger partial charge >= 0.3 is 0 Å². The summed E-state index contributed by atoms with van der Waals surface area (Å²) in [7, 11) is 4.54. The Morgan fingerprint density at radius 3 is 2.00 bits per heavy atom. The van der Waals surface area contributed by atoms with Crippen molar-refractivity contribution >= 4 is 17.8 Å². The average Bonchev–Trinajstić information content (AvgIpc) is 3.10. The lowest BCUT2D eigenvalue weighted by Gasteiger charge is -2.22. The van der Waals surface area contributed by atoms with E-state index in [0.29, 0.717) is 61.1 Å². The minimum atomic E-state index is -0.193. The molecule has 6 N–H and O–H groups in total. The van der Waals surface area contributed by atoms with E-state index in [4.69, 9.17) is 30.4 Å². The van der Waals surface area contributed by atoms with Crippen LogP contribution < -0.4 is 41.0 Å². The van der Waals surface area contributed by atoms with E-state index in [-0.39, 0.29) is 11.7 Å². The molecule has 0 fully saturated rings. The van der Waals surface area contributed by atoms with E-state index in [1.807, 2.05) is 24.3 Å². The molecule has 0 saturated carbocycles. The molecule has 0 bridgehead atoms. The second-order valence-electron chi connectivity index (χ2n) is 11.3. The molecule has 0 aliphatic carbocycles. The maximum Gasteiger partial charge on any atom is 0.220 e. The van der Waals surface area contributed by atoms with Crippen LogP contribution in [0.15, 0.2) is 42.5 Å². The first-order valence-electron chi connectivity index (χ1n) is 16.8. The molecule has 11 heteroatoms. The lowest BCUT2D eigenvalue weighted by molar-refractivity contribution is -0.121. The van der Waals surface area contributed by atoms with Crippen LogP contribution in [0.2, 0.25) is 0 Å². The summed E-state index contributed by atoms with van der Waals surface area (Å²) in [5.74, 6) is 1.84. The van der Waals surface area contributed by atoms with Crippen molar-refractivity contribution in [2.24, 2.45) is 11.5 Å². The molecule has 0 saturated heterocycles. The quantitative estimate of drug-likeness (QED) is 0.0631. The van der Waals surface area contributed by atoms with Crippen molar-refractivity contribution < 1.29 is 28.5 Å². The van der Waals surface area contributed by atoms with Gasteiger partial charge in [-0.3, -0.25) is 9.59 Å². The van der Waals surface area contributed by atoms with E-state index < -0.39 is 0 Å². The topological polar surface area (TPSA) is 150 Å². The van der Waals surface area contributed by atoms with Gasteiger partial charge in [0.05, 0.1) is 27.9 Å². The Hall–Kier alpha value is -3.64. The second-order valence-corrected chi connectivity index (χ2v) is 11.3. The molecule has 0 aliphatic heterocycles. The van der Waals surface area contributed by atoms with Crippen molar-refractivity contribution in [1.29, 1.82) is 0 Å². The van der Waals surface area contributed by atoms with Gasteiger partial charge in [-0.15, -0.1) is 0 Å². The van der Waals surface area contributed by atoms with Crippen molar-refractivity contribution in [2.75, 3.05) is 80.3 Å². The smallest absolute Gasteiger partial charge is 0.220 e. The second kappa shape index (κ2) is 24.5. The average molecular weight is 656 g/mol. The Bertz CT molecular complexity index is 1170. The van der Waals surface area contributed by atoms with Crippen LogP contribution in [0.25, 0.3) is 6.08 Å². The van der Waals surface area contributed by atoms with Crippen molar-refractivity contribution in [1.82, 2.24) is 15.5 Å². The van der Waals surface area contributed by atoms with Gasteiger partial charge in [-0.05, 0) is 127 Å². The van der Waals surface area contributed by atoms with Crippen LogP contribution in [0.4, 0.5) is 0 Å². The lowest BCUT2D eigenvalue weighted by atomic mass is 10.1. The number of carbonyl (C=O) groups is 2. The largest absolute Gasteiger partial charge is 0.494 e. The highest BCUT2D eigenvalue weighted by molar-refractivity contribution is 6.07. The highest BCUT2D eigenvalue weighted by atomic mass is 16.5. The maximum atomic E-state index is 12.8. The molecule has 11 nitrogen and oxygen atoms in total. The normalized spacial score (nSPS) is 11.2. The number of rotatable bonds is 27. The zero-order valence-corrected chi connectivity index (χ0v) is 28.7. The molecule has 2 aromatic carbocycles. The Morgan fingerprint density at radius 2 is 1.38 bits per heavy atom.